The number of fused-ring (bicyclic) bond motifs is 4. The van der Waals surface area contributed by atoms with Crippen LogP contribution in [0.5, 0.6) is 11.5 Å². The largest absolute Gasteiger partial charge is 2.00 e. The predicted octanol–water partition coefficient (Wildman–Crippen LogP) is 4.10. The number of anilines is 1. The Bertz CT molecular complexity index is 705. The quantitative estimate of drug-likeness (QED) is 0.562. The Balaban J connectivity index is 0.00000144. The van der Waals surface area contributed by atoms with E-state index in [4.69, 9.17) is 4.74 Å². The second-order valence-electron chi connectivity index (χ2n) is 5.52. The zero-order valence-electron chi connectivity index (χ0n) is 14.4. The van der Waals surface area contributed by atoms with Crippen molar-refractivity contribution < 1.29 is 30.6 Å². The van der Waals surface area contributed by atoms with Gasteiger partial charge in [-0.25, -0.2) is 0 Å². The zero-order valence-corrected chi connectivity index (χ0v) is 17.3. The SMILES string of the molecule is C[C-]1c2cccc(c2)Oc2cccc(c2)NC(=O)C(C)N1C.[CH3-].[W+2]. The van der Waals surface area contributed by atoms with Crippen LogP contribution < -0.4 is 10.1 Å². The fourth-order valence-corrected chi connectivity index (χ4v) is 2.47. The molecule has 1 N–H and O–H groups in total. The Morgan fingerprint density at radius 1 is 1.12 bits per heavy atom. The molecule has 0 saturated carbocycles. The van der Waals surface area contributed by atoms with Gasteiger partial charge in [0, 0.05) is 11.8 Å². The van der Waals surface area contributed by atoms with E-state index in [-0.39, 0.29) is 40.4 Å². The molecule has 0 aliphatic carbocycles. The topological polar surface area (TPSA) is 41.6 Å². The molecule has 126 valence electrons. The fraction of sp³-hybridized carbons (Fsp3) is 0.211. The normalized spacial score (nSPS) is 17.2. The molecule has 1 amide bonds. The standard InChI is InChI=1S/C18H19N2O2.CH3.W/c1-12-14-6-4-8-16(10-14)22-17-9-5-7-15(11-17)19-18(21)13(2)20(12)3;;/h4-11,13H,1-3H3,(H,19,21);1H3;/q2*-1;+2. The number of carbonyl (C=O) groups excluding carboxylic acids is 1. The maximum atomic E-state index is 12.4. The Kier molecular flexibility index (Phi) is 7.06. The van der Waals surface area contributed by atoms with Gasteiger partial charge >= 0.3 is 21.1 Å². The average molecular weight is 494 g/mol. The van der Waals surface area contributed by atoms with Crippen molar-refractivity contribution >= 4 is 11.6 Å². The van der Waals surface area contributed by atoms with E-state index in [9.17, 15) is 4.79 Å². The van der Waals surface area contributed by atoms with E-state index in [1.807, 2.05) is 74.3 Å². The van der Waals surface area contributed by atoms with Crippen molar-refractivity contribution in [3.63, 3.8) is 0 Å². The minimum absolute atomic E-state index is 0. The molecule has 4 nitrogen and oxygen atoms in total. The summed E-state index contributed by atoms with van der Waals surface area (Å²) in [5, 5.41) is 2.94. The molecule has 1 heterocycles. The summed E-state index contributed by atoms with van der Waals surface area (Å²) in [5.74, 6) is 1.44. The van der Waals surface area contributed by atoms with Gasteiger partial charge in [0.25, 0.3) is 0 Å². The molecule has 1 aliphatic heterocycles. The molecule has 1 unspecified atom stereocenters. The summed E-state index contributed by atoms with van der Waals surface area (Å²) in [6.45, 7) is 3.91. The van der Waals surface area contributed by atoms with Crippen molar-refractivity contribution in [1.82, 2.24) is 4.90 Å². The van der Waals surface area contributed by atoms with Crippen LogP contribution in [-0.4, -0.2) is 23.9 Å². The third kappa shape index (κ3) is 4.19. The van der Waals surface area contributed by atoms with Crippen LogP contribution >= 0.6 is 0 Å². The Morgan fingerprint density at radius 2 is 1.75 bits per heavy atom. The molecular weight excluding hydrogens is 472 g/mol. The average Bonchev–Trinajstić information content (AvgIpc) is 2.52. The van der Waals surface area contributed by atoms with Crippen molar-refractivity contribution in [2.45, 2.75) is 19.9 Å². The van der Waals surface area contributed by atoms with E-state index < -0.39 is 0 Å². The van der Waals surface area contributed by atoms with Crippen LogP contribution in [0.3, 0.4) is 0 Å². The molecular formula is C19H22N2O2W. The van der Waals surface area contributed by atoms with Crippen LogP contribution in [-0.2, 0) is 25.9 Å². The summed E-state index contributed by atoms with van der Waals surface area (Å²) in [6.07, 6.45) is 0. The number of nitrogens with zero attached hydrogens (tertiary/aromatic N) is 1. The molecule has 3 rings (SSSR count). The van der Waals surface area contributed by atoms with E-state index in [1.54, 1.807) is 0 Å². The first-order valence-electron chi connectivity index (χ1n) is 7.30. The van der Waals surface area contributed by atoms with Gasteiger partial charge in [-0.05, 0) is 32.2 Å². The summed E-state index contributed by atoms with van der Waals surface area (Å²) < 4.78 is 5.89. The molecule has 0 spiro atoms. The third-order valence-electron chi connectivity index (χ3n) is 4.08. The van der Waals surface area contributed by atoms with Gasteiger partial charge in [0.1, 0.15) is 5.75 Å². The number of likely N-dealkylation sites (N-methyl/N-ethyl adjacent to an activating group) is 1. The van der Waals surface area contributed by atoms with E-state index in [1.165, 1.54) is 0 Å². The van der Waals surface area contributed by atoms with Gasteiger partial charge in [-0.2, -0.15) is 11.6 Å². The van der Waals surface area contributed by atoms with Crippen LogP contribution in [0, 0.1) is 13.5 Å². The molecule has 1 aliphatic rings. The van der Waals surface area contributed by atoms with Crippen LogP contribution in [0.25, 0.3) is 0 Å². The minimum Gasteiger partial charge on any atom is -0.470 e. The zero-order chi connectivity index (χ0) is 15.7. The van der Waals surface area contributed by atoms with Crippen molar-refractivity contribution in [1.29, 1.82) is 0 Å². The number of nitrogens with one attached hydrogen (secondary N) is 1. The second kappa shape index (κ2) is 8.36. The summed E-state index contributed by atoms with van der Waals surface area (Å²) in [7, 11) is 1.93. The number of ether oxygens (including phenoxy) is 1. The van der Waals surface area contributed by atoms with Gasteiger partial charge < -0.3 is 22.4 Å². The molecule has 24 heavy (non-hydrogen) atoms. The van der Waals surface area contributed by atoms with Crippen molar-refractivity contribution in [3.05, 3.63) is 67.6 Å². The summed E-state index contributed by atoms with van der Waals surface area (Å²) in [5.41, 5.74) is 1.77. The molecule has 4 bridgehead atoms. The maximum Gasteiger partial charge on any atom is 2.00 e. The number of hydrogen-bond acceptors (Lipinski definition) is 3. The van der Waals surface area contributed by atoms with Crippen LogP contribution in [0.15, 0.2) is 48.5 Å². The van der Waals surface area contributed by atoms with Crippen LogP contribution in [0.2, 0.25) is 0 Å². The molecule has 2 aromatic rings. The van der Waals surface area contributed by atoms with Crippen LogP contribution in [0.4, 0.5) is 5.69 Å². The number of amides is 1. The molecule has 0 fully saturated rings. The second-order valence-corrected chi connectivity index (χ2v) is 5.52. The van der Waals surface area contributed by atoms with E-state index in [0.29, 0.717) is 5.75 Å². The Morgan fingerprint density at radius 3 is 2.46 bits per heavy atom. The first-order valence-corrected chi connectivity index (χ1v) is 7.30. The van der Waals surface area contributed by atoms with Crippen molar-refractivity contribution in [2.24, 2.45) is 0 Å². The number of carbonyl (C=O) groups is 1. The smallest absolute Gasteiger partial charge is 0.470 e. The minimum atomic E-state index is -0.271. The summed E-state index contributed by atoms with van der Waals surface area (Å²) >= 11 is 0. The maximum absolute atomic E-state index is 12.4. The number of benzene rings is 2. The Hall–Kier alpha value is -1.77. The van der Waals surface area contributed by atoms with Gasteiger partial charge in [0.2, 0.25) is 5.91 Å². The Labute approximate surface area is 158 Å². The molecule has 2 aromatic carbocycles. The van der Waals surface area contributed by atoms with Crippen molar-refractivity contribution in [2.75, 3.05) is 12.4 Å². The van der Waals surface area contributed by atoms with Gasteiger partial charge in [-0.15, -0.1) is 18.2 Å². The monoisotopic (exact) mass is 494 g/mol. The molecule has 5 heteroatoms. The predicted molar refractivity (Wildman–Crippen MR) is 93.2 cm³/mol. The van der Waals surface area contributed by atoms with E-state index >= 15 is 0 Å². The van der Waals surface area contributed by atoms with Gasteiger partial charge in [0.05, 0.1) is 11.8 Å². The third-order valence-corrected chi connectivity index (χ3v) is 4.08. The van der Waals surface area contributed by atoms with Crippen molar-refractivity contribution in [3.8, 4) is 11.5 Å². The molecule has 1 atom stereocenters. The summed E-state index contributed by atoms with van der Waals surface area (Å²) in [4.78, 5) is 14.4. The van der Waals surface area contributed by atoms with Crippen LogP contribution in [0.1, 0.15) is 19.4 Å². The molecule has 0 saturated heterocycles. The first kappa shape index (κ1) is 20.3. The van der Waals surface area contributed by atoms with Gasteiger partial charge in [-0.1, -0.05) is 13.0 Å². The summed E-state index contributed by atoms with van der Waals surface area (Å²) in [6, 6.07) is 16.1. The van der Waals surface area contributed by atoms with E-state index in [0.717, 1.165) is 23.0 Å². The van der Waals surface area contributed by atoms with Gasteiger partial charge in [0.15, 0.2) is 0 Å². The number of hydrogen-bond donors (Lipinski definition) is 1. The molecule has 0 radical (unpaired) electrons. The van der Waals surface area contributed by atoms with E-state index in [2.05, 4.69) is 5.32 Å². The fourth-order valence-electron chi connectivity index (χ4n) is 2.47. The molecule has 0 aromatic heterocycles. The first-order chi connectivity index (χ1) is 10.5. The van der Waals surface area contributed by atoms with Gasteiger partial charge in [-0.3, -0.25) is 4.79 Å². The number of rotatable bonds is 0.